The number of nitrogens with zero attached hydrogens (tertiary/aromatic N) is 4. The van der Waals surface area contributed by atoms with Gasteiger partial charge in [-0.3, -0.25) is 0 Å². The van der Waals surface area contributed by atoms with Gasteiger partial charge in [-0.2, -0.15) is 4.80 Å². The van der Waals surface area contributed by atoms with E-state index < -0.39 is 0 Å². The number of nitrogens with one attached hydrogen (secondary N) is 1. The largest absolute Gasteiger partial charge is 0.494 e. The zero-order chi connectivity index (χ0) is 12.1. The van der Waals surface area contributed by atoms with Gasteiger partial charge in [0.15, 0.2) is 5.82 Å². The molecule has 0 bridgehead atoms. The highest BCUT2D eigenvalue weighted by atomic mass is 16.5. The second-order valence-corrected chi connectivity index (χ2v) is 3.51. The zero-order valence-corrected chi connectivity index (χ0v) is 9.92. The van der Waals surface area contributed by atoms with Crippen molar-refractivity contribution in [1.29, 1.82) is 0 Å². The Morgan fingerprint density at radius 2 is 2.06 bits per heavy atom. The minimum Gasteiger partial charge on any atom is -0.494 e. The van der Waals surface area contributed by atoms with Crippen molar-refractivity contribution < 1.29 is 4.74 Å². The number of hydrogen-bond donors (Lipinski definition) is 1. The van der Waals surface area contributed by atoms with Gasteiger partial charge in [-0.1, -0.05) is 0 Å². The van der Waals surface area contributed by atoms with E-state index in [0.717, 1.165) is 11.4 Å². The van der Waals surface area contributed by atoms with E-state index in [0.29, 0.717) is 19.0 Å². The van der Waals surface area contributed by atoms with Crippen LogP contribution in [-0.4, -0.2) is 26.8 Å². The van der Waals surface area contributed by atoms with Crippen molar-refractivity contribution in [3.05, 3.63) is 30.1 Å². The molecule has 0 aliphatic carbocycles. The molecule has 0 amide bonds. The lowest BCUT2D eigenvalue weighted by molar-refractivity contribution is 0.340. The number of hydrogen-bond acceptors (Lipinski definition) is 5. The zero-order valence-electron chi connectivity index (χ0n) is 9.92. The molecule has 2 rings (SSSR count). The molecule has 0 saturated heterocycles. The lowest BCUT2D eigenvalue weighted by Gasteiger charge is -2.05. The first-order valence-electron chi connectivity index (χ1n) is 5.47. The fourth-order valence-corrected chi connectivity index (χ4v) is 1.41. The van der Waals surface area contributed by atoms with Crippen molar-refractivity contribution in [2.24, 2.45) is 7.05 Å². The molecule has 0 saturated carbocycles. The Bertz CT molecular complexity index is 465. The molecule has 0 radical (unpaired) electrons. The molecule has 1 heterocycles. The first-order valence-corrected chi connectivity index (χ1v) is 5.47. The summed E-state index contributed by atoms with van der Waals surface area (Å²) in [6, 6.07) is 7.77. The fourth-order valence-electron chi connectivity index (χ4n) is 1.41. The normalized spacial score (nSPS) is 10.2. The van der Waals surface area contributed by atoms with Crippen LogP contribution in [0.3, 0.4) is 0 Å². The summed E-state index contributed by atoms with van der Waals surface area (Å²) in [5.41, 5.74) is 1.00. The molecule has 0 spiro atoms. The quantitative estimate of drug-likeness (QED) is 0.841. The van der Waals surface area contributed by atoms with Gasteiger partial charge in [0, 0.05) is 5.69 Å². The smallest absolute Gasteiger partial charge is 0.193 e. The lowest BCUT2D eigenvalue weighted by atomic mass is 10.3. The summed E-state index contributed by atoms with van der Waals surface area (Å²) in [5.74, 6) is 1.54. The van der Waals surface area contributed by atoms with Crippen LogP contribution in [0.5, 0.6) is 5.75 Å². The maximum Gasteiger partial charge on any atom is 0.193 e. The monoisotopic (exact) mass is 233 g/mol. The summed E-state index contributed by atoms with van der Waals surface area (Å²) in [5, 5.41) is 14.9. The highest BCUT2D eigenvalue weighted by Crippen LogP contribution is 2.15. The molecule has 0 aliphatic rings. The van der Waals surface area contributed by atoms with Crippen LogP contribution in [0.1, 0.15) is 12.7 Å². The number of rotatable bonds is 5. The predicted octanol–water partition coefficient (Wildman–Crippen LogP) is 1.22. The van der Waals surface area contributed by atoms with Gasteiger partial charge < -0.3 is 10.1 Å². The molecule has 0 fully saturated rings. The van der Waals surface area contributed by atoms with E-state index in [1.54, 1.807) is 7.05 Å². The second kappa shape index (κ2) is 5.29. The highest BCUT2D eigenvalue weighted by Gasteiger charge is 2.00. The maximum atomic E-state index is 5.36. The Morgan fingerprint density at radius 1 is 1.29 bits per heavy atom. The molecule has 6 heteroatoms. The minimum atomic E-state index is 0.557. The first kappa shape index (κ1) is 11.4. The van der Waals surface area contributed by atoms with Gasteiger partial charge in [0.1, 0.15) is 5.75 Å². The van der Waals surface area contributed by atoms with E-state index in [9.17, 15) is 0 Å². The van der Waals surface area contributed by atoms with Gasteiger partial charge in [0.2, 0.25) is 0 Å². The van der Waals surface area contributed by atoms with Gasteiger partial charge in [-0.05, 0) is 36.4 Å². The van der Waals surface area contributed by atoms with E-state index >= 15 is 0 Å². The van der Waals surface area contributed by atoms with E-state index in [-0.39, 0.29) is 0 Å². The first-order chi connectivity index (χ1) is 8.28. The van der Waals surface area contributed by atoms with Crippen LogP contribution in [0.2, 0.25) is 0 Å². The summed E-state index contributed by atoms with van der Waals surface area (Å²) < 4.78 is 5.36. The van der Waals surface area contributed by atoms with Gasteiger partial charge in [0.05, 0.1) is 20.2 Å². The topological polar surface area (TPSA) is 64.9 Å². The van der Waals surface area contributed by atoms with Crippen LogP contribution in [0.15, 0.2) is 24.3 Å². The molecular weight excluding hydrogens is 218 g/mol. The number of aromatic nitrogens is 4. The molecule has 2 aromatic rings. The molecule has 17 heavy (non-hydrogen) atoms. The third-order valence-corrected chi connectivity index (χ3v) is 2.17. The lowest BCUT2D eigenvalue weighted by Crippen LogP contribution is -2.02. The van der Waals surface area contributed by atoms with Crippen LogP contribution in [0, 0.1) is 0 Å². The summed E-state index contributed by atoms with van der Waals surface area (Å²) in [6.07, 6.45) is 0. The minimum absolute atomic E-state index is 0.557. The summed E-state index contributed by atoms with van der Waals surface area (Å²) in [4.78, 5) is 1.44. The van der Waals surface area contributed by atoms with Crippen LogP contribution in [0.4, 0.5) is 5.69 Å². The third kappa shape index (κ3) is 3.17. The Hall–Kier alpha value is -2.11. The SMILES string of the molecule is CCOc1ccc(NCc2nnn(C)n2)cc1. The van der Waals surface area contributed by atoms with Crippen molar-refractivity contribution in [3.63, 3.8) is 0 Å². The molecular formula is C11H15N5O. The highest BCUT2D eigenvalue weighted by molar-refractivity contribution is 5.46. The molecule has 1 aromatic carbocycles. The van der Waals surface area contributed by atoms with Crippen LogP contribution in [0.25, 0.3) is 0 Å². The summed E-state index contributed by atoms with van der Waals surface area (Å²) in [7, 11) is 1.74. The van der Waals surface area contributed by atoms with Crippen LogP contribution in [-0.2, 0) is 13.6 Å². The van der Waals surface area contributed by atoms with Crippen LogP contribution >= 0.6 is 0 Å². The van der Waals surface area contributed by atoms with Crippen molar-refractivity contribution in [3.8, 4) is 5.75 Å². The van der Waals surface area contributed by atoms with E-state index in [1.165, 1.54) is 4.80 Å². The number of ether oxygens (including phenoxy) is 1. The molecule has 1 aromatic heterocycles. The van der Waals surface area contributed by atoms with E-state index in [2.05, 4.69) is 20.7 Å². The molecule has 1 N–H and O–H groups in total. The van der Waals surface area contributed by atoms with Crippen molar-refractivity contribution in [2.45, 2.75) is 13.5 Å². The molecule has 0 atom stereocenters. The van der Waals surface area contributed by atoms with E-state index in [4.69, 9.17) is 4.74 Å². The Balaban J connectivity index is 1.90. The average molecular weight is 233 g/mol. The van der Waals surface area contributed by atoms with Gasteiger partial charge in [0.25, 0.3) is 0 Å². The molecule has 0 unspecified atom stereocenters. The summed E-state index contributed by atoms with van der Waals surface area (Å²) >= 11 is 0. The van der Waals surface area contributed by atoms with Gasteiger partial charge in [-0.15, -0.1) is 10.2 Å². The molecule has 6 nitrogen and oxygen atoms in total. The number of aryl methyl sites for hydroxylation is 1. The van der Waals surface area contributed by atoms with E-state index in [1.807, 2.05) is 31.2 Å². The summed E-state index contributed by atoms with van der Waals surface area (Å²) in [6.45, 7) is 3.20. The molecule has 0 aliphatic heterocycles. The predicted molar refractivity (Wildman–Crippen MR) is 63.7 cm³/mol. The van der Waals surface area contributed by atoms with Gasteiger partial charge in [-0.25, -0.2) is 0 Å². The van der Waals surface area contributed by atoms with Crippen LogP contribution < -0.4 is 10.1 Å². The second-order valence-electron chi connectivity index (χ2n) is 3.51. The third-order valence-electron chi connectivity index (χ3n) is 2.17. The Morgan fingerprint density at radius 3 is 2.65 bits per heavy atom. The molecule has 90 valence electrons. The standard InChI is InChI=1S/C11H15N5O/c1-3-17-10-6-4-9(5-7-10)12-8-11-13-15-16(2)14-11/h4-7,12H,3,8H2,1-2H3. The Labute approximate surface area is 99.6 Å². The number of anilines is 1. The van der Waals surface area contributed by atoms with Crippen molar-refractivity contribution in [2.75, 3.05) is 11.9 Å². The number of tetrazole rings is 1. The van der Waals surface area contributed by atoms with Crippen molar-refractivity contribution >= 4 is 5.69 Å². The maximum absolute atomic E-state index is 5.36. The average Bonchev–Trinajstić information content (AvgIpc) is 2.75. The van der Waals surface area contributed by atoms with Crippen molar-refractivity contribution in [1.82, 2.24) is 20.2 Å². The fraction of sp³-hybridized carbons (Fsp3) is 0.364. The Kier molecular flexibility index (Phi) is 3.54. The van der Waals surface area contributed by atoms with Gasteiger partial charge >= 0.3 is 0 Å². The number of benzene rings is 1.